The fraction of sp³-hybridized carbons (Fsp3) is 0.167. The average Bonchev–Trinajstić information content (AvgIpc) is 2.80. The number of benzene rings is 1. The molecule has 1 aromatic heterocycles. The van der Waals surface area contributed by atoms with Gasteiger partial charge >= 0.3 is 0 Å². The third-order valence-corrected chi connectivity index (χ3v) is 5.89. The lowest BCUT2D eigenvalue weighted by Crippen LogP contribution is -2.27. The largest absolute Gasteiger partial charge is 0.399 e. The summed E-state index contributed by atoms with van der Waals surface area (Å²) >= 11 is 12.7. The predicted octanol–water partition coefficient (Wildman–Crippen LogP) is 3.82. The van der Waals surface area contributed by atoms with Crippen molar-refractivity contribution in [2.45, 2.75) is 17.9 Å². The molecular formula is C12H11Cl2FN2O2S2. The van der Waals surface area contributed by atoms with Crippen molar-refractivity contribution in [2.75, 3.05) is 5.73 Å². The molecular weight excluding hydrogens is 358 g/mol. The normalized spacial score (nSPS) is 13.3. The summed E-state index contributed by atoms with van der Waals surface area (Å²) in [4.78, 5) is 0.126. The Balaban J connectivity index is 2.35. The van der Waals surface area contributed by atoms with Gasteiger partial charge in [-0.25, -0.2) is 17.5 Å². The molecule has 0 aliphatic carbocycles. The first kappa shape index (κ1) is 16.5. The Labute approximate surface area is 135 Å². The van der Waals surface area contributed by atoms with Gasteiger partial charge < -0.3 is 5.73 Å². The second-order valence-corrected chi connectivity index (χ2v) is 8.14. The van der Waals surface area contributed by atoms with E-state index in [1.807, 2.05) is 0 Å². The molecule has 114 valence electrons. The maximum atomic E-state index is 13.9. The molecule has 0 spiro atoms. The number of nitrogens with two attached hydrogens (primary N) is 1. The van der Waals surface area contributed by atoms with Gasteiger partial charge in [0.25, 0.3) is 0 Å². The van der Waals surface area contributed by atoms with Crippen molar-refractivity contribution in [1.82, 2.24) is 4.72 Å². The Bertz CT molecular complexity index is 778. The molecule has 2 rings (SSSR count). The lowest BCUT2D eigenvalue weighted by Gasteiger charge is -2.14. The summed E-state index contributed by atoms with van der Waals surface area (Å²) in [7, 11) is -4.10. The molecule has 2 aromatic rings. The van der Waals surface area contributed by atoms with Crippen molar-refractivity contribution in [1.29, 1.82) is 0 Å². The van der Waals surface area contributed by atoms with Crippen molar-refractivity contribution in [3.8, 4) is 0 Å². The Morgan fingerprint density at radius 1 is 1.33 bits per heavy atom. The quantitative estimate of drug-likeness (QED) is 0.805. The Morgan fingerprint density at radius 2 is 2.00 bits per heavy atom. The standard InChI is InChI=1S/C12H11Cl2FN2O2S2/c1-6(9-2-3-11(14)20-9)17-21(18,19)10-5-7(16)4-8(13)12(10)15/h2-6,17H,16H2,1H3. The molecule has 0 saturated carbocycles. The number of anilines is 1. The van der Waals surface area contributed by atoms with Crippen LogP contribution in [-0.2, 0) is 10.0 Å². The van der Waals surface area contributed by atoms with Gasteiger partial charge in [0, 0.05) is 10.6 Å². The van der Waals surface area contributed by atoms with E-state index in [1.165, 1.54) is 11.3 Å². The first-order valence-electron chi connectivity index (χ1n) is 5.73. The lowest BCUT2D eigenvalue weighted by atomic mass is 10.3. The number of sulfonamides is 1. The number of rotatable bonds is 4. The maximum Gasteiger partial charge on any atom is 0.244 e. The molecule has 3 N–H and O–H groups in total. The van der Waals surface area contributed by atoms with E-state index in [1.54, 1.807) is 19.1 Å². The Morgan fingerprint density at radius 3 is 2.57 bits per heavy atom. The van der Waals surface area contributed by atoms with Gasteiger partial charge in [-0.15, -0.1) is 11.3 Å². The molecule has 1 atom stereocenters. The molecule has 4 nitrogen and oxygen atoms in total. The molecule has 1 heterocycles. The zero-order valence-electron chi connectivity index (χ0n) is 10.7. The van der Waals surface area contributed by atoms with E-state index in [9.17, 15) is 12.8 Å². The first-order valence-corrected chi connectivity index (χ1v) is 8.78. The number of hydrogen-bond acceptors (Lipinski definition) is 4. The van der Waals surface area contributed by atoms with Crippen LogP contribution in [0.2, 0.25) is 9.36 Å². The van der Waals surface area contributed by atoms with Gasteiger partial charge in [0.1, 0.15) is 4.90 Å². The summed E-state index contributed by atoms with van der Waals surface area (Å²) in [5.74, 6) is -1.03. The van der Waals surface area contributed by atoms with Crippen LogP contribution in [0.4, 0.5) is 10.1 Å². The number of hydrogen-bond donors (Lipinski definition) is 2. The van der Waals surface area contributed by atoms with E-state index in [0.29, 0.717) is 9.21 Å². The molecule has 0 radical (unpaired) electrons. The van der Waals surface area contributed by atoms with Crippen LogP contribution in [0.15, 0.2) is 29.2 Å². The van der Waals surface area contributed by atoms with E-state index in [-0.39, 0.29) is 10.7 Å². The fourth-order valence-electron chi connectivity index (χ4n) is 1.69. The zero-order chi connectivity index (χ0) is 15.8. The van der Waals surface area contributed by atoms with Crippen LogP contribution in [0.25, 0.3) is 0 Å². The summed E-state index contributed by atoms with van der Waals surface area (Å²) in [6, 6.07) is 4.97. The van der Waals surface area contributed by atoms with E-state index in [0.717, 1.165) is 12.1 Å². The second-order valence-electron chi connectivity index (χ2n) is 4.30. The highest BCUT2D eigenvalue weighted by atomic mass is 35.5. The molecule has 1 aromatic carbocycles. The molecule has 9 heteroatoms. The highest BCUT2D eigenvalue weighted by Crippen LogP contribution is 2.30. The van der Waals surface area contributed by atoms with Gasteiger partial charge in [-0.2, -0.15) is 0 Å². The summed E-state index contributed by atoms with van der Waals surface area (Å²) in [5, 5.41) is -0.345. The van der Waals surface area contributed by atoms with Crippen molar-refractivity contribution in [2.24, 2.45) is 0 Å². The summed E-state index contributed by atoms with van der Waals surface area (Å²) in [6.45, 7) is 1.63. The van der Waals surface area contributed by atoms with Crippen LogP contribution >= 0.6 is 34.5 Å². The van der Waals surface area contributed by atoms with Gasteiger partial charge in [-0.1, -0.05) is 23.2 Å². The molecule has 1 unspecified atom stereocenters. The van der Waals surface area contributed by atoms with Crippen LogP contribution in [-0.4, -0.2) is 8.42 Å². The van der Waals surface area contributed by atoms with Crippen molar-refractivity contribution >= 4 is 50.2 Å². The summed E-state index contributed by atoms with van der Waals surface area (Å²) in [6.07, 6.45) is 0. The highest BCUT2D eigenvalue weighted by Gasteiger charge is 2.24. The molecule has 0 aliphatic heterocycles. The van der Waals surface area contributed by atoms with Crippen LogP contribution in [0, 0.1) is 5.82 Å². The molecule has 0 saturated heterocycles. The van der Waals surface area contributed by atoms with Gasteiger partial charge in [-0.05, 0) is 31.2 Å². The number of nitrogen functional groups attached to an aromatic ring is 1. The van der Waals surface area contributed by atoms with E-state index < -0.39 is 26.8 Å². The molecule has 0 fully saturated rings. The summed E-state index contributed by atoms with van der Waals surface area (Å²) in [5.41, 5.74) is 5.58. The maximum absolute atomic E-state index is 13.9. The minimum atomic E-state index is -4.10. The van der Waals surface area contributed by atoms with Crippen molar-refractivity contribution in [3.63, 3.8) is 0 Å². The Hall–Kier alpha value is -0.860. The average molecular weight is 369 g/mol. The first-order chi connectivity index (χ1) is 9.70. The third-order valence-electron chi connectivity index (χ3n) is 2.66. The minimum Gasteiger partial charge on any atom is -0.399 e. The number of nitrogens with one attached hydrogen (secondary N) is 1. The number of thiophene rings is 1. The van der Waals surface area contributed by atoms with Gasteiger partial charge in [-0.3, -0.25) is 0 Å². The van der Waals surface area contributed by atoms with E-state index >= 15 is 0 Å². The predicted molar refractivity (Wildman–Crippen MR) is 83.9 cm³/mol. The van der Waals surface area contributed by atoms with Gasteiger partial charge in [0.15, 0.2) is 5.82 Å². The van der Waals surface area contributed by atoms with Gasteiger partial charge in [0.2, 0.25) is 10.0 Å². The molecule has 21 heavy (non-hydrogen) atoms. The zero-order valence-corrected chi connectivity index (χ0v) is 13.9. The van der Waals surface area contributed by atoms with Crippen LogP contribution in [0.3, 0.4) is 0 Å². The molecule has 0 bridgehead atoms. The van der Waals surface area contributed by atoms with Gasteiger partial charge in [0.05, 0.1) is 15.4 Å². The van der Waals surface area contributed by atoms with E-state index in [4.69, 9.17) is 28.9 Å². The minimum absolute atomic E-state index is 0.0635. The van der Waals surface area contributed by atoms with Crippen molar-refractivity contribution < 1.29 is 12.8 Å². The monoisotopic (exact) mass is 368 g/mol. The molecule has 0 aliphatic rings. The Kier molecular flexibility index (Phi) is 4.79. The van der Waals surface area contributed by atoms with Crippen molar-refractivity contribution in [3.05, 3.63) is 44.3 Å². The van der Waals surface area contributed by atoms with Crippen LogP contribution in [0.5, 0.6) is 0 Å². The van der Waals surface area contributed by atoms with Crippen LogP contribution < -0.4 is 10.5 Å². The fourth-order valence-corrected chi connectivity index (χ4v) is 4.47. The molecule has 0 amide bonds. The van der Waals surface area contributed by atoms with Crippen LogP contribution in [0.1, 0.15) is 17.8 Å². The number of halogens is 3. The second kappa shape index (κ2) is 6.10. The third kappa shape index (κ3) is 3.67. The highest BCUT2D eigenvalue weighted by molar-refractivity contribution is 7.89. The lowest BCUT2D eigenvalue weighted by molar-refractivity contribution is 0.548. The van der Waals surface area contributed by atoms with E-state index in [2.05, 4.69) is 4.72 Å². The summed E-state index contributed by atoms with van der Waals surface area (Å²) < 4.78 is 41.3. The topological polar surface area (TPSA) is 72.2 Å². The SMILES string of the molecule is CC(NS(=O)(=O)c1cc(N)cc(Cl)c1F)c1ccc(Cl)s1. The smallest absolute Gasteiger partial charge is 0.244 e.